The number of carboxylic acid groups (broad SMARTS) is 1. The van der Waals surface area contributed by atoms with Gasteiger partial charge in [0.2, 0.25) is 0 Å². The number of rotatable bonds is 3. The molecular formula is C14H8Cl3NO3. The molecule has 2 rings (SSSR count). The van der Waals surface area contributed by atoms with E-state index in [1.807, 2.05) is 0 Å². The molecule has 108 valence electrons. The first-order valence-corrected chi connectivity index (χ1v) is 6.81. The van der Waals surface area contributed by atoms with Crippen molar-refractivity contribution in [1.29, 1.82) is 0 Å². The number of hydrogen-bond acceptors (Lipinski definition) is 2. The maximum atomic E-state index is 12.2. The molecule has 0 fully saturated rings. The Balaban J connectivity index is 2.42. The number of hydrogen-bond donors (Lipinski definition) is 2. The van der Waals surface area contributed by atoms with Crippen molar-refractivity contribution in [2.75, 3.05) is 5.32 Å². The van der Waals surface area contributed by atoms with Crippen molar-refractivity contribution in [2.45, 2.75) is 0 Å². The lowest BCUT2D eigenvalue weighted by molar-refractivity contribution is 0.0698. The molecule has 0 spiro atoms. The topological polar surface area (TPSA) is 66.4 Å². The highest BCUT2D eigenvalue weighted by Crippen LogP contribution is 2.31. The number of carbonyl (C=O) groups is 2. The zero-order chi connectivity index (χ0) is 15.6. The van der Waals surface area contributed by atoms with Gasteiger partial charge in [-0.25, -0.2) is 4.79 Å². The van der Waals surface area contributed by atoms with Crippen molar-refractivity contribution < 1.29 is 14.7 Å². The Bertz CT molecular complexity index is 731. The van der Waals surface area contributed by atoms with E-state index in [0.29, 0.717) is 0 Å². The summed E-state index contributed by atoms with van der Waals surface area (Å²) in [5.74, 6) is -1.82. The van der Waals surface area contributed by atoms with Crippen LogP contribution in [0.4, 0.5) is 5.69 Å². The molecular weight excluding hydrogens is 337 g/mol. The highest BCUT2D eigenvalue weighted by molar-refractivity contribution is 6.38. The van der Waals surface area contributed by atoms with E-state index >= 15 is 0 Å². The van der Waals surface area contributed by atoms with E-state index in [9.17, 15) is 9.59 Å². The zero-order valence-corrected chi connectivity index (χ0v) is 12.6. The summed E-state index contributed by atoms with van der Waals surface area (Å²) in [6, 6.07) is 8.94. The van der Waals surface area contributed by atoms with Gasteiger partial charge in [0.1, 0.15) is 0 Å². The van der Waals surface area contributed by atoms with Gasteiger partial charge in [-0.05, 0) is 24.3 Å². The second kappa shape index (κ2) is 6.35. The van der Waals surface area contributed by atoms with Crippen LogP contribution in [0.2, 0.25) is 15.1 Å². The van der Waals surface area contributed by atoms with Gasteiger partial charge in [0.05, 0.1) is 26.9 Å². The van der Waals surface area contributed by atoms with Gasteiger partial charge < -0.3 is 10.4 Å². The normalized spacial score (nSPS) is 10.2. The molecule has 0 heterocycles. The number of carbonyl (C=O) groups excluding carboxylic acids is 1. The molecule has 0 bridgehead atoms. The van der Waals surface area contributed by atoms with Crippen LogP contribution in [-0.4, -0.2) is 17.0 Å². The van der Waals surface area contributed by atoms with E-state index in [0.717, 1.165) is 0 Å². The van der Waals surface area contributed by atoms with Crippen LogP contribution in [0, 0.1) is 0 Å². The lowest BCUT2D eigenvalue weighted by Gasteiger charge is -2.11. The molecule has 7 heteroatoms. The molecule has 0 atom stereocenters. The summed E-state index contributed by atoms with van der Waals surface area (Å²) >= 11 is 17.6. The van der Waals surface area contributed by atoms with Gasteiger partial charge in [-0.3, -0.25) is 4.79 Å². The Labute approximate surface area is 135 Å². The molecule has 0 aliphatic heterocycles. The number of amides is 1. The Kier molecular flexibility index (Phi) is 4.73. The fraction of sp³-hybridized carbons (Fsp3) is 0. The summed E-state index contributed by atoms with van der Waals surface area (Å²) in [7, 11) is 0. The van der Waals surface area contributed by atoms with E-state index in [-0.39, 0.29) is 31.9 Å². The fourth-order valence-electron chi connectivity index (χ4n) is 1.70. The zero-order valence-electron chi connectivity index (χ0n) is 10.4. The molecule has 0 aliphatic carbocycles. The summed E-state index contributed by atoms with van der Waals surface area (Å²) in [6.07, 6.45) is 0. The average Bonchev–Trinajstić information content (AvgIpc) is 2.41. The van der Waals surface area contributed by atoms with Gasteiger partial charge in [-0.15, -0.1) is 0 Å². The van der Waals surface area contributed by atoms with Crippen LogP contribution in [0.1, 0.15) is 20.7 Å². The highest BCUT2D eigenvalue weighted by atomic mass is 35.5. The molecule has 0 unspecified atom stereocenters. The quantitative estimate of drug-likeness (QED) is 0.855. The number of carboxylic acids is 1. The van der Waals surface area contributed by atoms with Crippen molar-refractivity contribution in [1.82, 2.24) is 0 Å². The molecule has 2 aromatic rings. The second-order valence-corrected chi connectivity index (χ2v) is 5.30. The Morgan fingerprint density at radius 3 is 2.24 bits per heavy atom. The number of halogens is 3. The summed E-state index contributed by atoms with van der Waals surface area (Å²) in [5, 5.41) is 12.0. The Hall–Kier alpha value is -1.75. The van der Waals surface area contributed by atoms with Crippen LogP contribution in [0.15, 0.2) is 36.4 Å². The molecule has 4 nitrogen and oxygen atoms in total. The number of benzene rings is 2. The van der Waals surface area contributed by atoms with E-state index in [1.165, 1.54) is 18.2 Å². The minimum Gasteiger partial charge on any atom is -0.478 e. The molecule has 0 saturated heterocycles. The van der Waals surface area contributed by atoms with Crippen LogP contribution in [0.25, 0.3) is 0 Å². The van der Waals surface area contributed by atoms with Gasteiger partial charge in [-0.2, -0.15) is 0 Å². The lowest BCUT2D eigenvalue weighted by atomic mass is 10.1. The minimum absolute atomic E-state index is 0.0281. The van der Waals surface area contributed by atoms with Gasteiger partial charge >= 0.3 is 5.97 Å². The third-order valence-electron chi connectivity index (χ3n) is 2.64. The van der Waals surface area contributed by atoms with E-state index < -0.39 is 11.9 Å². The van der Waals surface area contributed by atoms with Crippen molar-refractivity contribution >= 4 is 52.4 Å². The molecule has 21 heavy (non-hydrogen) atoms. The standard InChI is InChI=1S/C14H8Cl3NO3/c15-7-5-9(14(20)21)12(11(17)6-7)18-13(19)8-3-1-2-4-10(8)16/h1-6H,(H,18,19)(H,20,21). The van der Waals surface area contributed by atoms with Crippen molar-refractivity contribution in [2.24, 2.45) is 0 Å². The molecule has 2 N–H and O–H groups in total. The number of nitrogens with one attached hydrogen (secondary N) is 1. The summed E-state index contributed by atoms with van der Waals surface area (Å²) in [6.45, 7) is 0. The molecule has 0 radical (unpaired) electrons. The van der Waals surface area contributed by atoms with Gasteiger partial charge in [0.25, 0.3) is 5.91 Å². The Morgan fingerprint density at radius 2 is 1.62 bits per heavy atom. The predicted octanol–water partition coefficient (Wildman–Crippen LogP) is 4.60. The average molecular weight is 345 g/mol. The van der Waals surface area contributed by atoms with Crippen LogP contribution >= 0.6 is 34.8 Å². The Morgan fingerprint density at radius 1 is 0.952 bits per heavy atom. The first-order valence-electron chi connectivity index (χ1n) is 5.68. The SMILES string of the molecule is O=C(Nc1c(Cl)cc(Cl)cc1C(=O)O)c1ccccc1Cl. The van der Waals surface area contributed by atoms with Crippen molar-refractivity contribution in [3.05, 3.63) is 62.6 Å². The van der Waals surface area contributed by atoms with Gasteiger partial charge in [0.15, 0.2) is 0 Å². The molecule has 0 saturated carbocycles. The number of anilines is 1. The fourth-order valence-corrected chi connectivity index (χ4v) is 2.46. The van der Waals surface area contributed by atoms with Gasteiger partial charge in [-0.1, -0.05) is 46.9 Å². The van der Waals surface area contributed by atoms with E-state index in [2.05, 4.69) is 5.32 Å². The lowest BCUT2D eigenvalue weighted by Crippen LogP contribution is -2.15. The van der Waals surface area contributed by atoms with Crippen LogP contribution in [0.5, 0.6) is 0 Å². The van der Waals surface area contributed by atoms with Crippen molar-refractivity contribution in [3.8, 4) is 0 Å². The van der Waals surface area contributed by atoms with Crippen LogP contribution in [0.3, 0.4) is 0 Å². The van der Waals surface area contributed by atoms with Gasteiger partial charge in [0, 0.05) is 5.02 Å². The molecule has 2 aromatic carbocycles. The first-order chi connectivity index (χ1) is 9.90. The third-order valence-corrected chi connectivity index (χ3v) is 3.49. The molecule has 1 amide bonds. The van der Waals surface area contributed by atoms with Crippen LogP contribution < -0.4 is 5.32 Å². The van der Waals surface area contributed by atoms with E-state index in [1.54, 1.807) is 18.2 Å². The highest BCUT2D eigenvalue weighted by Gasteiger charge is 2.19. The smallest absolute Gasteiger partial charge is 0.337 e. The predicted molar refractivity (Wildman–Crippen MR) is 82.8 cm³/mol. The summed E-state index contributed by atoms with van der Waals surface area (Å²) in [4.78, 5) is 23.4. The van der Waals surface area contributed by atoms with Crippen molar-refractivity contribution in [3.63, 3.8) is 0 Å². The summed E-state index contributed by atoms with van der Waals surface area (Å²) in [5.41, 5.74) is -0.0205. The summed E-state index contributed by atoms with van der Waals surface area (Å²) < 4.78 is 0. The van der Waals surface area contributed by atoms with Crippen LogP contribution in [-0.2, 0) is 0 Å². The number of aromatic carboxylic acids is 1. The monoisotopic (exact) mass is 343 g/mol. The largest absolute Gasteiger partial charge is 0.478 e. The first kappa shape index (κ1) is 15.6. The maximum Gasteiger partial charge on any atom is 0.337 e. The van der Waals surface area contributed by atoms with E-state index in [4.69, 9.17) is 39.9 Å². The maximum absolute atomic E-state index is 12.2. The second-order valence-electron chi connectivity index (χ2n) is 4.05. The third kappa shape index (κ3) is 3.47. The molecule has 0 aromatic heterocycles. The molecule has 0 aliphatic rings. The minimum atomic E-state index is -1.26.